The van der Waals surface area contributed by atoms with Crippen LogP contribution < -0.4 is 10.5 Å². The van der Waals surface area contributed by atoms with Crippen LogP contribution in [-0.4, -0.2) is 74.7 Å². The highest BCUT2D eigenvalue weighted by molar-refractivity contribution is 5.71. The molecule has 1 heterocycles. The second kappa shape index (κ2) is 12.6. The first-order chi connectivity index (χ1) is 18.3. The summed E-state index contributed by atoms with van der Waals surface area (Å²) in [6, 6.07) is 10.7. The standard InChI is InChI=1S/C30H41FN2O5/c1-20-14-21(16-24(15-20)37-3)28-25(6-4-8-27(28)31)26(7-5-12-36-2)29(35)30(22-9-10-23(32)17-22)18-33(19-34)11-13-38-30/h4,6,8,14-16,19,22-23,26,29,35H,5,7,9-13,17-18,32H2,1-3H3/t22-,23+,26-,29?,30+/m1/s1. The van der Waals surface area contributed by atoms with Gasteiger partial charge < -0.3 is 30.0 Å². The molecule has 1 saturated carbocycles. The van der Waals surface area contributed by atoms with Gasteiger partial charge in [0, 0.05) is 37.8 Å². The highest BCUT2D eigenvalue weighted by atomic mass is 19.1. The summed E-state index contributed by atoms with van der Waals surface area (Å²) >= 11 is 0. The Kier molecular flexibility index (Phi) is 9.41. The van der Waals surface area contributed by atoms with Crippen LogP contribution in [0.2, 0.25) is 0 Å². The number of methoxy groups -OCH3 is 2. The second-order valence-corrected chi connectivity index (χ2v) is 10.8. The van der Waals surface area contributed by atoms with Crippen LogP contribution in [0.1, 0.15) is 49.1 Å². The molecule has 1 amide bonds. The molecule has 1 saturated heterocycles. The molecule has 0 aromatic heterocycles. The van der Waals surface area contributed by atoms with Crippen LogP contribution >= 0.6 is 0 Å². The quantitative estimate of drug-likeness (QED) is 0.338. The molecule has 2 aliphatic rings. The number of aliphatic hydroxyl groups excluding tert-OH is 1. The van der Waals surface area contributed by atoms with E-state index in [4.69, 9.17) is 19.9 Å². The van der Waals surface area contributed by atoms with Gasteiger partial charge in [0.1, 0.15) is 17.2 Å². The van der Waals surface area contributed by atoms with E-state index in [1.165, 1.54) is 6.07 Å². The number of aliphatic hydroxyl groups is 1. The average Bonchev–Trinajstić information content (AvgIpc) is 3.37. The molecule has 8 heteroatoms. The van der Waals surface area contributed by atoms with Gasteiger partial charge in [-0.15, -0.1) is 0 Å². The van der Waals surface area contributed by atoms with Crippen molar-refractivity contribution in [3.05, 3.63) is 53.3 Å². The predicted octanol–water partition coefficient (Wildman–Crippen LogP) is 4.04. The number of carbonyl (C=O) groups excluding carboxylic acids is 1. The Hall–Kier alpha value is -2.52. The molecule has 1 unspecified atom stereocenters. The monoisotopic (exact) mass is 528 g/mol. The molecular formula is C30H41FN2O5. The summed E-state index contributed by atoms with van der Waals surface area (Å²) in [6.07, 6.45) is 3.41. The first-order valence-corrected chi connectivity index (χ1v) is 13.5. The fourth-order valence-electron chi connectivity index (χ4n) is 6.45. The number of aryl methyl sites for hydroxylation is 1. The van der Waals surface area contributed by atoms with Crippen molar-refractivity contribution in [3.8, 4) is 16.9 Å². The molecule has 5 atom stereocenters. The number of morpholine rings is 1. The third-order valence-corrected chi connectivity index (χ3v) is 8.28. The number of amides is 1. The summed E-state index contributed by atoms with van der Waals surface area (Å²) in [5.74, 6) is -0.212. The number of rotatable bonds is 11. The van der Waals surface area contributed by atoms with Gasteiger partial charge in [0.25, 0.3) is 0 Å². The number of halogens is 1. The maximum Gasteiger partial charge on any atom is 0.209 e. The molecule has 38 heavy (non-hydrogen) atoms. The molecule has 1 aliphatic carbocycles. The van der Waals surface area contributed by atoms with E-state index < -0.39 is 17.6 Å². The van der Waals surface area contributed by atoms with Gasteiger partial charge in [-0.3, -0.25) is 4.79 Å². The van der Waals surface area contributed by atoms with Crippen LogP contribution in [0, 0.1) is 18.7 Å². The minimum absolute atomic E-state index is 0.0174. The van der Waals surface area contributed by atoms with Crippen LogP contribution in [0.15, 0.2) is 36.4 Å². The van der Waals surface area contributed by atoms with E-state index in [1.807, 2.05) is 31.2 Å². The number of benzene rings is 2. The third kappa shape index (κ3) is 5.88. The van der Waals surface area contributed by atoms with Crippen LogP contribution in [0.3, 0.4) is 0 Å². The smallest absolute Gasteiger partial charge is 0.209 e. The van der Waals surface area contributed by atoms with E-state index in [9.17, 15) is 9.90 Å². The van der Waals surface area contributed by atoms with Gasteiger partial charge >= 0.3 is 0 Å². The fraction of sp³-hybridized carbons (Fsp3) is 0.567. The molecule has 208 valence electrons. The Morgan fingerprint density at radius 2 is 2.11 bits per heavy atom. The van der Waals surface area contributed by atoms with E-state index in [0.717, 1.165) is 24.8 Å². The zero-order valence-electron chi connectivity index (χ0n) is 22.7. The highest BCUT2D eigenvalue weighted by Crippen LogP contribution is 2.47. The van der Waals surface area contributed by atoms with E-state index in [0.29, 0.717) is 61.5 Å². The first kappa shape index (κ1) is 28.5. The highest BCUT2D eigenvalue weighted by Gasteiger charge is 2.53. The van der Waals surface area contributed by atoms with Crippen molar-refractivity contribution in [2.45, 2.75) is 62.7 Å². The zero-order chi connectivity index (χ0) is 27.3. The number of ether oxygens (including phenoxy) is 3. The maximum absolute atomic E-state index is 15.7. The average molecular weight is 529 g/mol. The SMILES string of the molecule is COCCC[C@H](c1cccc(F)c1-c1cc(C)cc(OC)c1)C(O)[C@@]1([C@@H]2CC[C@H](N)C2)CN(C=O)CCO1. The van der Waals surface area contributed by atoms with Crippen molar-refractivity contribution in [3.63, 3.8) is 0 Å². The van der Waals surface area contributed by atoms with E-state index >= 15 is 4.39 Å². The lowest BCUT2D eigenvalue weighted by Gasteiger charge is -2.50. The number of nitrogens with zero attached hydrogens (tertiary/aromatic N) is 1. The van der Waals surface area contributed by atoms with Gasteiger partial charge in [0.2, 0.25) is 6.41 Å². The number of carbonyl (C=O) groups is 1. The van der Waals surface area contributed by atoms with Gasteiger partial charge in [-0.05, 0) is 79.8 Å². The van der Waals surface area contributed by atoms with E-state index in [-0.39, 0.29) is 24.3 Å². The first-order valence-electron chi connectivity index (χ1n) is 13.5. The van der Waals surface area contributed by atoms with Gasteiger partial charge in [-0.1, -0.05) is 18.2 Å². The van der Waals surface area contributed by atoms with Crippen molar-refractivity contribution in [2.24, 2.45) is 11.7 Å². The van der Waals surface area contributed by atoms with E-state index in [2.05, 4.69) is 0 Å². The van der Waals surface area contributed by atoms with Crippen LogP contribution in [0.5, 0.6) is 5.75 Å². The van der Waals surface area contributed by atoms with Gasteiger partial charge in [0.15, 0.2) is 0 Å². The summed E-state index contributed by atoms with van der Waals surface area (Å²) in [4.78, 5) is 13.5. The molecule has 2 aromatic rings. The Bertz CT molecular complexity index is 1100. The van der Waals surface area contributed by atoms with Gasteiger partial charge in [0.05, 0.1) is 26.4 Å². The van der Waals surface area contributed by atoms with Crippen molar-refractivity contribution in [1.29, 1.82) is 0 Å². The Morgan fingerprint density at radius 3 is 2.79 bits per heavy atom. The molecule has 4 rings (SSSR count). The summed E-state index contributed by atoms with van der Waals surface area (Å²) < 4.78 is 33.0. The van der Waals surface area contributed by atoms with Crippen molar-refractivity contribution in [2.75, 3.05) is 40.5 Å². The Balaban J connectivity index is 1.84. The van der Waals surface area contributed by atoms with Gasteiger partial charge in [-0.25, -0.2) is 4.39 Å². The van der Waals surface area contributed by atoms with Crippen molar-refractivity contribution in [1.82, 2.24) is 4.90 Å². The third-order valence-electron chi connectivity index (χ3n) is 8.28. The van der Waals surface area contributed by atoms with Gasteiger partial charge in [-0.2, -0.15) is 0 Å². The molecule has 1 aliphatic heterocycles. The summed E-state index contributed by atoms with van der Waals surface area (Å²) in [7, 11) is 3.24. The molecule has 3 N–H and O–H groups in total. The Morgan fingerprint density at radius 1 is 1.29 bits per heavy atom. The molecule has 2 fully saturated rings. The lowest BCUT2D eigenvalue weighted by molar-refractivity contribution is -0.199. The zero-order valence-corrected chi connectivity index (χ0v) is 22.7. The largest absolute Gasteiger partial charge is 0.497 e. The van der Waals surface area contributed by atoms with E-state index in [1.54, 1.807) is 25.2 Å². The minimum atomic E-state index is -1.00. The number of hydrogen-bond donors (Lipinski definition) is 2. The summed E-state index contributed by atoms with van der Waals surface area (Å²) in [6.45, 7) is 3.53. The lowest BCUT2D eigenvalue weighted by atomic mass is 9.71. The molecule has 0 spiro atoms. The Labute approximate surface area is 225 Å². The topological polar surface area (TPSA) is 94.2 Å². The number of hydrogen-bond acceptors (Lipinski definition) is 6. The summed E-state index contributed by atoms with van der Waals surface area (Å²) in [5.41, 5.74) is 8.08. The lowest BCUT2D eigenvalue weighted by Crippen LogP contribution is -2.63. The van der Waals surface area contributed by atoms with Crippen LogP contribution in [0.25, 0.3) is 11.1 Å². The predicted molar refractivity (Wildman–Crippen MR) is 145 cm³/mol. The minimum Gasteiger partial charge on any atom is -0.497 e. The summed E-state index contributed by atoms with van der Waals surface area (Å²) in [5, 5.41) is 12.3. The van der Waals surface area contributed by atoms with Crippen molar-refractivity contribution < 1.29 is 28.5 Å². The fourth-order valence-corrected chi connectivity index (χ4v) is 6.45. The molecule has 0 bridgehead atoms. The molecular weight excluding hydrogens is 487 g/mol. The molecule has 2 aromatic carbocycles. The molecule has 7 nitrogen and oxygen atoms in total. The van der Waals surface area contributed by atoms with Crippen LogP contribution in [-0.2, 0) is 14.3 Å². The van der Waals surface area contributed by atoms with Crippen LogP contribution in [0.4, 0.5) is 4.39 Å². The second-order valence-electron chi connectivity index (χ2n) is 10.8. The molecule has 0 radical (unpaired) electrons. The van der Waals surface area contributed by atoms with Crippen molar-refractivity contribution >= 4 is 6.41 Å². The maximum atomic E-state index is 15.7. The number of nitrogens with two attached hydrogens (primary N) is 1. The normalized spacial score (nSPS) is 25.3.